The minimum absolute atomic E-state index is 0.0294. The lowest BCUT2D eigenvalue weighted by Gasteiger charge is -2.28. The Hall–Kier alpha value is -0.300. The third-order valence-corrected chi connectivity index (χ3v) is 5.57. The van der Waals surface area contributed by atoms with Crippen LogP contribution >= 0.6 is 0 Å². The van der Waals surface area contributed by atoms with Gasteiger partial charge in [0.05, 0.1) is 24.4 Å². The van der Waals surface area contributed by atoms with Crippen LogP contribution < -0.4 is 0 Å². The van der Waals surface area contributed by atoms with Gasteiger partial charge in [-0.25, -0.2) is 8.78 Å². The third kappa shape index (κ3) is 3.76. The first-order valence-electron chi connectivity index (χ1n) is 9.14. The largest absolute Gasteiger partial charge is 0.387 e. The summed E-state index contributed by atoms with van der Waals surface area (Å²) in [6.07, 6.45) is -6.36. The van der Waals surface area contributed by atoms with Crippen LogP contribution in [0.5, 0.6) is 0 Å². The maximum atomic E-state index is 14.4. The molecule has 10 atom stereocenters. The van der Waals surface area contributed by atoms with Crippen LogP contribution in [-0.4, -0.2) is 59.2 Å². The average molecular weight is 350 g/mol. The summed E-state index contributed by atoms with van der Waals surface area (Å²) >= 11 is 0. The van der Waals surface area contributed by atoms with Gasteiger partial charge in [-0.15, -0.1) is 0 Å². The zero-order chi connectivity index (χ0) is 18.2. The van der Waals surface area contributed by atoms with E-state index in [-0.39, 0.29) is 17.8 Å². The molecule has 2 unspecified atom stereocenters. The SMILES string of the molecule is CC[C@H]1O[C@@H](C(C)CC(C)[C@H]2O[C@@H](C(C)C)[C@H](O)[C@H]2F)[C@H](F)[C@@H]1O. The first kappa shape index (κ1) is 20.0. The Labute approximate surface area is 143 Å². The molecule has 24 heavy (non-hydrogen) atoms. The molecule has 0 radical (unpaired) electrons. The van der Waals surface area contributed by atoms with Crippen LogP contribution in [0.25, 0.3) is 0 Å². The van der Waals surface area contributed by atoms with E-state index in [1.54, 1.807) is 0 Å². The molecule has 0 aromatic heterocycles. The van der Waals surface area contributed by atoms with Crippen molar-refractivity contribution in [3.05, 3.63) is 0 Å². The van der Waals surface area contributed by atoms with Crippen molar-refractivity contribution in [1.29, 1.82) is 0 Å². The Kier molecular flexibility index (Phi) is 6.62. The molecular weight excluding hydrogens is 318 g/mol. The van der Waals surface area contributed by atoms with E-state index in [4.69, 9.17) is 9.47 Å². The normalized spacial score (nSPS) is 45.8. The lowest BCUT2D eigenvalue weighted by molar-refractivity contribution is -0.0494. The van der Waals surface area contributed by atoms with Crippen LogP contribution in [0, 0.1) is 17.8 Å². The van der Waals surface area contributed by atoms with Crippen LogP contribution in [0.2, 0.25) is 0 Å². The summed E-state index contributed by atoms with van der Waals surface area (Å²) in [7, 11) is 0. The van der Waals surface area contributed by atoms with Crippen molar-refractivity contribution in [1.82, 2.24) is 0 Å². The van der Waals surface area contributed by atoms with E-state index in [9.17, 15) is 19.0 Å². The van der Waals surface area contributed by atoms with Crippen LogP contribution in [0.1, 0.15) is 47.5 Å². The van der Waals surface area contributed by atoms with E-state index in [1.165, 1.54) is 0 Å². The summed E-state index contributed by atoms with van der Waals surface area (Å²) in [5.41, 5.74) is 0. The smallest absolute Gasteiger partial charge is 0.155 e. The van der Waals surface area contributed by atoms with Gasteiger partial charge in [0.15, 0.2) is 12.3 Å². The van der Waals surface area contributed by atoms with Gasteiger partial charge >= 0.3 is 0 Å². The van der Waals surface area contributed by atoms with Crippen LogP contribution in [0.15, 0.2) is 0 Å². The van der Waals surface area contributed by atoms with Crippen LogP contribution in [-0.2, 0) is 9.47 Å². The summed E-state index contributed by atoms with van der Waals surface area (Å²) < 4.78 is 40.1. The van der Waals surface area contributed by atoms with Gasteiger partial charge in [0.25, 0.3) is 0 Å². The number of rotatable bonds is 6. The van der Waals surface area contributed by atoms with Crippen molar-refractivity contribution in [2.45, 2.75) is 96.4 Å². The van der Waals surface area contributed by atoms with E-state index in [1.807, 2.05) is 34.6 Å². The molecule has 142 valence electrons. The second-order valence-electron chi connectivity index (χ2n) is 7.92. The van der Waals surface area contributed by atoms with Gasteiger partial charge in [0, 0.05) is 0 Å². The van der Waals surface area contributed by atoms with Gasteiger partial charge in [-0.1, -0.05) is 34.6 Å². The average Bonchev–Trinajstić information content (AvgIpc) is 2.98. The van der Waals surface area contributed by atoms with Gasteiger partial charge < -0.3 is 19.7 Å². The van der Waals surface area contributed by atoms with Gasteiger partial charge in [-0.3, -0.25) is 0 Å². The van der Waals surface area contributed by atoms with E-state index >= 15 is 0 Å². The molecule has 0 saturated carbocycles. The fourth-order valence-electron chi connectivity index (χ4n) is 4.11. The molecule has 0 aliphatic carbocycles. The lowest BCUT2D eigenvalue weighted by Crippen LogP contribution is -2.36. The third-order valence-electron chi connectivity index (χ3n) is 5.57. The van der Waals surface area contributed by atoms with Crippen molar-refractivity contribution in [3.8, 4) is 0 Å². The Morgan fingerprint density at radius 3 is 1.75 bits per heavy atom. The first-order valence-corrected chi connectivity index (χ1v) is 9.14. The molecule has 2 aliphatic rings. The quantitative estimate of drug-likeness (QED) is 0.773. The number of alkyl halides is 2. The Morgan fingerprint density at radius 1 is 0.833 bits per heavy atom. The lowest BCUT2D eigenvalue weighted by atomic mass is 9.86. The highest BCUT2D eigenvalue weighted by atomic mass is 19.1. The minimum atomic E-state index is -1.43. The number of hydrogen-bond donors (Lipinski definition) is 2. The van der Waals surface area contributed by atoms with Crippen LogP contribution in [0.4, 0.5) is 8.78 Å². The molecule has 2 heterocycles. The number of hydrogen-bond acceptors (Lipinski definition) is 4. The van der Waals surface area contributed by atoms with Gasteiger partial charge in [-0.2, -0.15) is 0 Å². The molecule has 2 rings (SSSR count). The molecule has 0 aromatic carbocycles. The summed E-state index contributed by atoms with van der Waals surface area (Å²) in [5.74, 6) is -0.323. The number of halogens is 2. The topological polar surface area (TPSA) is 58.9 Å². The maximum absolute atomic E-state index is 14.4. The van der Waals surface area contributed by atoms with E-state index in [0.717, 1.165) is 0 Å². The molecular formula is C18H32F2O4. The number of aliphatic hydroxyl groups is 2. The summed E-state index contributed by atoms with van der Waals surface area (Å²) in [5, 5.41) is 19.9. The Bertz CT molecular complexity index is 408. The molecule has 4 nitrogen and oxygen atoms in total. The predicted octanol–water partition coefficient (Wildman–Crippen LogP) is 2.65. The molecule has 2 fully saturated rings. The highest BCUT2D eigenvalue weighted by Gasteiger charge is 2.49. The van der Waals surface area contributed by atoms with Gasteiger partial charge in [-0.05, 0) is 30.6 Å². The molecule has 0 bridgehead atoms. The first-order chi connectivity index (χ1) is 11.2. The second-order valence-corrected chi connectivity index (χ2v) is 7.92. The zero-order valence-corrected chi connectivity index (χ0v) is 15.2. The van der Waals surface area contributed by atoms with Crippen molar-refractivity contribution in [2.75, 3.05) is 0 Å². The standard InChI is InChI=1S/C18H32F2O4/c1-6-11-14(21)12(19)17(23-11)9(4)7-10(5)18-13(20)15(22)16(24-18)8(2)3/h8-18,21-22H,6-7H2,1-5H3/t9?,10?,11-,12-,13-,14-,15-,16+,17+,18-/m1/s1. The predicted molar refractivity (Wildman–Crippen MR) is 87.2 cm³/mol. The van der Waals surface area contributed by atoms with Crippen molar-refractivity contribution >= 4 is 0 Å². The van der Waals surface area contributed by atoms with E-state index < -0.39 is 49.0 Å². The number of aliphatic hydroxyl groups excluding tert-OH is 2. The molecule has 2 saturated heterocycles. The monoisotopic (exact) mass is 350 g/mol. The van der Waals surface area contributed by atoms with Gasteiger partial charge in [0.2, 0.25) is 0 Å². The van der Waals surface area contributed by atoms with E-state index in [0.29, 0.717) is 12.8 Å². The Morgan fingerprint density at radius 2 is 1.33 bits per heavy atom. The highest BCUT2D eigenvalue weighted by molar-refractivity contribution is 4.97. The molecule has 0 amide bonds. The maximum Gasteiger partial charge on any atom is 0.155 e. The van der Waals surface area contributed by atoms with E-state index in [2.05, 4.69) is 0 Å². The molecule has 6 heteroatoms. The summed E-state index contributed by atoms with van der Waals surface area (Å²) in [6.45, 7) is 9.35. The Balaban J connectivity index is 1.96. The molecule has 0 aromatic rings. The highest BCUT2D eigenvalue weighted by Crippen LogP contribution is 2.38. The van der Waals surface area contributed by atoms with Gasteiger partial charge in [0.1, 0.15) is 12.2 Å². The van der Waals surface area contributed by atoms with Crippen molar-refractivity contribution < 1.29 is 28.5 Å². The number of ether oxygens (including phenoxy) is 2. The molecule has 2 aliphatic heterocycles. The molecule has 0 spiro atoms. The van der Waals surface area contributed by atoms with Crippen LogP contribution in [0.3, 0.4) is 0 Å². The fourth-order valence-corrected chi connectivity index (χ4v) is 4.11. The zero-order valence-electron chi connectivity index (χ0n) is 15.2. The van der Waals surface area contributed by atoms with Crippen molar-refractivity contribution in [2.24, 2.45) is 17.8 Å². The summed E-state index contributed by atoms with van der Waals surface area (Å²) in [6, 6.07) is 0. The second kappa shape index (κ2) is 7.94. The fraction of sp³-hybridized carbons (Fsp3) is 1.00. The molecule has 2 N–H and O–H groups in total. The summed E-state index contributed by atoms with van der Waals surface area (Å²) in [4.78, 5) is 0. The minimum Gasteiger partial charge on any atom is -0.387 e. The van der Waals surface area contributed by atoms with Crippen molar-refractivity contribution in [3.63, 3.8) is 0 Å².